The number of rotatable bonds is 4. The molecule has 0 saturated heterocycles. The van der Waals surface area contributed by atoms with Crippen molar-refractivity contribution in [3.63, 3.8) is 0 Å². The van der Waals surface area contributed by atoms with Crippen molar-refractivity contribution in [2.75, 3.05) is 5.32 Å². The van der Waals surface area contributed by atoms with Gasteiger partial charge in [0.1, 0.15) is 5.82 Å². The molecule has 0 spiro atoms. The molecule has 0 radical (unpaired) electrons. The summed E-state index contributed by atoms with van der Waals surface area (Å²) in [6, 6.07) is 23.1. The Hall–Kier alpha value is -3.77. The average molecular weight is 414 g/mol. The summed E-state index contributed by atoms with van der Waals surface area (Å²) in [7, 11) is 0. The molecule has 0 atom stereocenters. The van der Waals surface area contributed by atoms with Gasteiger partial charge in [-0.05, 0) is 48.9 Å². The van der Waals surface area contributed by atoms with E-state index in [1.165, 1.54) is 0 Å². The van der Waals surface area contributed by atoms with E-state index in [1.807, 2.05) is 79.7 Å². The third-order valence-electron chi connectivity index (χ3n) is 4.67. The summed E-state index contributed by atoms with van der Waals surface area (Å²) in [5.41, 5.74) is 3.44. The normalized spacial score (nSPS) is 11.0. The van der Waals surface area contributed by atoms with E-state index in [0.717, 1.165) is 27.7 Å². The average Bonchev–Trinajstić information content (AvgIpc) is 3.27. The first-order chi connectivity index (χ1) is 14.7. The van der Waals surface area contributed by atoms with Gasteiger partial charge in [-0.3, -0.25) is 0 Å². The fourth-order valence-electron chi connectivity index (χ4n) is 3.09. The van der Waals surface area contributed by atoms with Crippen LogP contribution in [0.15, 0.2) is 77.2 Å². The highest BCUT2D eigenvalue weighted by molar-refractivity contribution is 6.31. The lowest BCUT2D eigenvalue weighted by Gasteiger charge is -2.10. The lowest BCUT2D eigenvalue weighted by atomic mass is 10.2. The van der Waals surface area contributed by atoms with Gasteiger partial charge >= 0.3 is 0 Å². The summed E-state index contributed by atoms with van der Waals surface area (Å²) in [6.07, 6.45) is 0. The van der Waals surface area contributed by atoms with Crippen molar-refractivity contribution in [1.29, 1.82) is 0 Å². The fraction of sp³-hybridized carbons (Fsp3) is 0.0435. The second-order valence-corrected chi connectivity index (χ2v) is 7.19. The van der Waals surface area contributed by atoms with Crippen LogP contribution in [0.4, 0.5) is 11.5 Å². The molecule has 0 amide bonds. The maximum atomic E-state index is 6.28. The van der Waals surface area contributed by atoms with E-state index in [4.69, 9.17) is 16.0 Å². The summed E-state index contributed by atoms with van der Waals surface area (Å²) < 4.78 is 5.85. The SMILES string of the molecule is Cc1ccc(Nc2nc(-c3nnc(-c4ccccc4)o3)nc3ccccc23)cc1Cl. The summed E-state index contributed by atoms with van der Waals surface area (Å²) in [4.78, 5) is 9.28. The summed E-state index contributed by atoms with van der Waals surface area (Å²) in [5.74, 6) is 1.66. The third-order valence-corrected chi connectivity index (χ3v) is 5.08. The van der Waals surface area contributed by atoms with Crippen LogP contribution in [0.1, 0.15) is 5.56 Å². The van der Waals surface area contributed by atoms with E-state index in [-0.39, 0.29) is 5.89 Å². The Morgan fingerprint density at radius 3 is 2.43 bits per heavy atom. The number of nitrogens with zero attached hydrogens (tertiary/aromatic N) is 4. The molecule has 0 aliphatic rings. The number of hydrogen-bond acceptors (Lipinski definition) is 6. The van der Waals surface area contributed by atoms with Crippen LogP contribution in [0.2, 0.25) is 5.02 Å². The lowest BCUT2D eigenvalue weighted by molar-refractivity contribution is 0.579. The lowest BCUT2D eigenvalue weighted by Crippen LogP contribution is -1.99. The molecule has 0 unspecified atom stereocenters. The molecule has 0 aliphatic carbocycles. The second-order valence-electron chi connectivity index (χ2n) is 6.78. The molecule has 0 bridgehead atoms. The Morgan fingerprint density at radius 1 is 0.833 bits per heavy atom. The van der Waals surface area contributed by atoms with Crippen molar-refractivity contribution >= 4 is 34.0 Å². The zero-order valence-electron chi connectivity index (χ0n) is 16.0. The Morgan fingerprint density at radius 2 is 1.60 bits per heavy atom. The molecule has 5 aromatic rings. The highest BCUT2D eigenvalue weighted by Crippen LogP contribution is 2.29. The molecule has 3 aromatic carbocycles. The molecule has 0 saturated carbocycles. The van der Waals surface area contributed by atoms with Crippen molar-refractivity contribution in [3.05, 3.63) is 83.4 Å². The van der Waals surface area contributed by atoms with Crippen LogP contribution < -0.4 is 5.32 Å². The maximum absolute atomic E-state index is 6.28. The quantitative estimate of drug-likeness (QED) is 0.386. The second kappa shape index (κ2) is 7.57. The Bertz CT molecular complexity index is 1350. The van der Waals surface area contributed by atoms with E-state index in [1.54, 1.807) is 0 Å². The molecule has 0 aliphatic heterocycles. The number of para-hydroxylation sites is 1. The van der Waals surface area contributed by atoms with Gasteiger partial charge in [-0.2, -0.15) is 0 Å². The van der Waals surface area contributed by atoms with E-state index < -0.39 is 0 Å². The van der Waals surface area contributed by atoms with Crippen LogP contribution in [0.3, 0.4) is 0 Å². The first-order valence-electron chi connectivity index (χ1n) is 9.36. The molecule has 7 heteroatoms. The minimum absolute atomic E-state index is 0.254. The number of aromatic nitrogens is 4. The van der Waals surface area contributed by atoms with Gasteiger partial charge in [-0.15, -0.1) is 10.2 Å². The smallest absolute Gasteiger partial charge is 0.286 e. The summed E-state index contributed by atoms with van der Waals surface area (Å²) in [5, 5.41) is 13.2. The van der Waals surface area contributed by atoms with E-state index in [9.17, 15) is 0 Å². The molecule has 30 heavy (non-hydrogen) atoms. The van der Waals surface area contributed by atoms with E-state index in [2.05, 4.69) is 25.5 Å². The van der Waals surface area contributed by atoms with Gasteiger partial charge in [0, 0.05) is 21.7 Å². The zero-order chi connectivity index (χ0) is 20.5. The molecule has 1 N–H and O–H groups in total. The van der Waals surface area contributed by atoms with Crippen molar-refractivity contribution in [2.24, 2.45) is 0 Å². The molecule has 2 heterocycles. The molecule has 146 valence electrons. The predicted octanol–water partition coefficient (Wildman–Crippen LogP) is 6.05. The maximum Gasteiger partial charge on any atom is 0.286 e. The van der Waals surface area contributed by atoms with Crippen LogP contribution in [0.25, 0.3) is 34.1 Å². The number of nitrogens with one attached hydrogen (secondary N) is 1. The predicted molar refractivity (Wildman–Crippen MR) is 118 cm³/mol. The minimum atomic E-state index is 0.254. The standard InChI is InChI=1S/C23H16ClN5O/c1-14-11-12-16(13-18(14)24)25-20-17-9-5-6-10-19(17)26-21(27-20)23-29-28-22(30-23)15-7-3-2-4-8-15/h2-13H,1H3,(H,25,26,27). The van der Waals surface area contributed by atoms with Gasteiger partial charge in [0.15, 0.2) is 0 Å². The topological polar surface area (TPSA) is 76.7 Å². The van der Waals surface area contributed by atoms with Gasteiger partial charge < -0.3 is 9.73 Å². The van der Waals surface area contributed by atoms with Crippen LogP contribution in [-0.4, -0.2) is 20.2 Å². The number of aryl methyl sites for hydroxylation is 1. The first kappa shape index (κ1) is 18.3. The van der Waals surface area contributed by atoms with Crippen molar-refractivity contribution < 1.29 is 4.42 Å². The van der Waals surface area contributed by atoms with E-state index in [0.29, 0.717) is 22.6 Å². The summed E-state index contributed by atoms with van der Waals surface area (Å²) in [6.45, 7) is 1.96. The largest absolute Gasteiger partial charge is 0.413 e. The van der Waals surface area contributed by atoms with Crippen molar-refractivity contribution in [2.45, 2.75) is 6.92 Å². The number of fused-ring (bicyclic) bond motifs is 1. The molecular formula is C23H16ClN5O. The molecule has 5 rings (SSSR count). The number of hydrogen-bond donors (Lipinski definition) is 1. The van der Waals surface area contributed by atoms with E-state index >= 15 is 0 Å². The highest BCUT2D eigenvalue weighted by Gasteiger charge is 2.16. The zero-order valence-corrected chi connectivity index (χ0v) is 16.8. The third kappa shape index (κ3) is 3.49. The Balaban J connectivity index is 1.58. The Kier molecular flexibility index (Phi) is 4.61. The highest BCUT2D eigenvalue weighted by atomic mass is 35.5. The first-order valence-corrected chi connectivity index (χ1v) is 9.74. The fourth-order valence-corrected chi connectivity index (χ4v) is 3.27. The van der Waals surface area contributed by atoms with Gasteiger partial charge in [0.25, 0.3) is 5.89 Å². The monoisotopic (exact) mass is 413 g/mol. The Labute approximate surface area is 177 Å². The summed E-state index contributed by atoms with van der Waals surface area (Å²) >= 11 is 6.28. The minimum Gasteiger partial charge on any atom is -0.413 e. The molecule has 2 aromatic heterocycles. The van der Waals surface area contributed by atoms with Gasteiger partial charge in [0.05, 0.1) is 5.52 Å². The molecule has 6 nitrogen and oxygen atoms in total. The number of anilines is 2. The van der Waals surface area contributed by atoms with Gasteiger partial charge in [0.2, 0.25) is 11.7 Å². The van der Waals surface area contributed by atoms with Gasteiger partial charge in [-0.1, -0.05) is 48.0 Å². The van der Waals surface area contributed by atoms with Crippen LogP contribution in [-0.2, 0) is 0 Å². The number of benzene rings is 3. The molecule has 0 fully saturated rings. The van der Waals surface area contributed by atoms with Crippen molar-refractivity contribution in [3.8, 4) is 23.2 Å². The number of halogens is 1. The molecular weight excluding hydrogens is 398 g/mol. The van der Waals surface area contributed by atoms with Crippen LogP contribution in [0, 0.1) is 6.92 Å². The van der Waals surface area contributed by atoms with Crippen LogP contribution in [0.5, 0.6) is 0 Å². The van der Waals surface area contributed by atoms with Gasteiger partial charge in [-0.25, -0.2) is 9.97 Å². The van der Waals surface area contributed by atoms with Crippen LogP contribution >= 0.6 is 11.6 Å². The van der Waals surface area contributed by atoms with Crippen molar-refractivity contribution in [1.82, 2.24) is 20.2 Å².